The van der Waals surface area contributed by atoms with E-state index in [9.17, 15) is 14.4 Å². The summed E-state index contributed by atoms with van der Waals surface area (Å²) >= 11 is 0. The van der Waals surface area contributed by atoms with E-state index in [1.54, 1.807) is 0 Å². The van der Waals surface area contributed by atoms with Crippen molar-refractivity contribution >= 4 is 5.91 Å². The number of nitrogens with one attached hydrogen (secondary N) is 2. The monoisotopic (exact) mass is 207 g/mol. The van der Waals surface area contributed by atoms with E-state index < -0.39 is 17.0 Å². The normalized spacial score (nSPS) is 9.27. The van der Waals surface area contributed by atoms with E-state index >= 15 is 0 Å². The number of H-pyrrole nitrogens is 1. The zero-order chi connectivity index (χ0) is 11.3. The van der Waals surface area contributed by atoms with Crippen molar-refractivity contribution < 1.29 is 4.79 Å². The second-order valence-electron chi connectivity index (χ2n) is 2.71. The Morgan fingerprint density at radius 1 is 1.53 bits per heavy atom. The van der Waals surface area contributed by atoms with Gasteiger partial charge in [-0.2, -0.15) is 0 Å². The van der Waals surface area contributed by atoms with Crippen LogP contribution in [0.25, 0.3) is 0 Å². The fourth-order valence-electron chi connectivity index (χ4n) is 0.929. The molecule has 1 aromatic rings. The predicted molar refractivity (Wildman–Crippen MR) is 53.2 cm³/mol. The van der Waals surface area contributed by atoms with Gasteiger partial charge in [-0.05, 0) is 0 Å². The summed E-state index contributed by atoms with van der Waals surface area (Å²) in [5, 5.41) is 4.59. The number of terminal acetylenes is 1. The van der Waals surface area contributed by atoms with Gasteiger partial charge >= 0.3 is 0 Å². The van der Waals surface area contributed by atoms with Crippen molar-refractivity contribution in [3.05, 3.63) is 32.8 Å². The molecule has 0 atom stereocenters. The molecule has 0 unspecified atom stereocenters. The highest BCUT2D eigenvalue weighted by Gasteiger charge is 2.03. The van der Waals surface area contributed by atoms with Crippen LogP contribution in [0.4, 0.5) is 0 Å². The topological polar surface area (TPSA) is 84.0 Å². The molecule has 0 aliphatic heterocycles. The summed E-state index contributed by atoms with van der Waals surface area (Å²) in [5.74, 6) is 1.79. The number of amides is 1. The molecule has 0 fully saturated rings. The molecule has 1 amide bonds. The van der Waals surface area contributed by atoms with Crippen LogP contribution < -0.4 is 16.4 Å². The lowest BCUT2D eigenvalue weighted by Gasteiger charge is -2.03. The molecule has 1 heterocycles. The summed E-state index contributed by atoms with van der Waals surface area (Å²) in [6.07, 6.45) is 4.93. The average Bonchev–Trinajstić information content (AvgIpc) is 2.20. The second-order valence-corrected chi connectivity index (χ2v) is 2.71. The van der Waals surface area contributed by atoms with Crippen LogP contribution in [0, 0.1) is 12.3 Å². The Hall–Kier alpha value is -2.29. The van der Waals surface area contributed by atoms with Gasteiger partial charge in [0.15, 0.2) is 0 Å². The molecule has 78 valence electrons. The summed E-state index contributed by atoms with van der Waals surface area (Å²) in [6, 6.07) is 2.19. The van der Waals surface area contributed by atoms with Gasteiger partial charge in [0.05, 0.1) is 6.54 Å². The SMILES string of the molecule is C#CCNC(=O)Cn1[nH]c(=O)ccc1=O. The third kappa shape index (κ3) is 3.15. The molecule has 0 aliphatic rings. The number of rotatable bonds is 3. The Bertz CT molecular complexity index is 506. The molecule has 0 saturated carbocycles. The number of nitrogens with zero attached hydrogens (tertiary/aromatic N) is 1. The lowest BCUT2D eigenvalue weighted by molar-refractivity contribution is -0.121. The largest absolute Gasteiger partial charge is 0.344 e. The third-order valence-electron chi connectivity index (χ3n) is 1.58. The molecule has 0 aromatic carbocycles. The van der Waals surface area contributed by atoms with Crippen molar-refractivity contribution in [3.63, 3.8) is 0 Å². The third-order valence-corrected chi connectivity index (χ3v) is 1.58. The van der Waals surface area contributed by atoms with Crippen molar-refractivity contribution in [1.29, 1.82) is 0 Å². The van der Waals surface area contributed by atoms with Crippen LogP contribution in [0.5, 0.6) is 0 Å². The predicted octanol–water partition coefficient (Wildman–Crippen LogP) is -1.71. The van der Waals surface area contributed by atoms with Gasteiger partial charge in [0, 0.05) is 12.1 Å². The van der Waals surface area contributed by atoms with E-state index in [2.05, 4.69) is 16.3 Å². The van der Waals surface area contributed by atoms with Crippen LogP contribution in [0.2, 0.25) is 0 Å². The van der Waals surface area contributed by atoms with Crippen LogP contribution in [0.3, 0.4) is 0 Å². The van der Waals surface area contributed by atoms with Gasteiger partial charge in [0.25, 0.3) is 11.1 Å². The van der Waals surface area contributed by atoms with Gasteiger partial charge in [-0.3, -0.25) is 19.5 Å². The van der Waals surface area contributed by atoms with Crippen LogP contribution in [-0.4, -0.2) is 22.2 Å². The summed E-state index contributed by atoms with van der Waals surface area (Å²) in [6.45, 7) is -0.165. The van der Waals surface area contributed by atoms with E-state index in [1.165, 1.54) is 0 Å². The average molecular weight is 207 g/mol. The minimum Gasteiger partial charge on any atom is -0.344 e. The molecular weight excluding hydrogens is 198 g/mol. The molecule has 2 N–H and O–H groups in total. The van der Waals surface area contributed by atoms with Crippen LogP contribution in [-0.2, 0) is 11.3 Å². The van der Waals surface area contributed by atoms with E-state index in [1.807, 2.05) is 0 Å². The molecule has 1 aromatic heterocycles. The highest BCUT2D eigenvalue weighted by Crippen LogP contribution is 1.73. The maximum absolute atomic E-state index is 11.2. The number of hydrogen-bond acceptors (Lipinski definition) is 3. The highest BCUT2D eigenvalue weighted by molar-refractivity contribution is 5.75. The van der Waals surface area contributed by atoms with Gasteiger partial charge in [-0.15, -0.1) is 6.42 Å². The summed E-state index contributed by atoms with van der Waals surface area (Å²) in [7, 11) is 0. The Balaban J connectivity index is 2.77. The minimum absolute atomic E-state index is 0.0879. The molecule has 1 rings (SSSR count). The van der Waals surface area contributed by atoms with Crippen LogP contribution in [0.1, 0.15) is 0 Å². The molecule has 0 saturated heterocycles. The number of carbonyl (C=O) groups excluding carboxylic acids is 1. The molecule has 6 heteroatoms. The Morgan fingerprint density at radius 2 is 2.27 bits per heavy atom. The number of aromatic nitrogens is 2. The van der Waals surface area contributed by atoms with Crippen molar-refractivity contribution in [3.8, 4) is 12.3 Å². The van der Waals surface area contributed by atoms with E-state index in [0.29, 0.717) is 0 Å². The van der Waals surface area contributed by atoms with Crippen molar-refractivity contribution in [2.45, 2.75) is 6.54 Å². The number of aromatic amines is 1. The zero-order valence-corrected chi connectivity index (χ0v) is 7.82. The summed E-state index contributed by atoms with van der Waals surface area (Å²) < 4.78 is 0.911. The number of hydrogen-bond donors (Lipinski definition) is 2. The molecule has 6 nitrogen and oxygen atoms in total. The molecule has 0 aliphatic carbocycles. The lowest BCUT2D eigenvalue weighted by Crippen LogP contribution is -2.35. The quantitative estimate of drug-likeness (QED) is 0.578. The first-order valence-corrected chi connectivity index (χ1v) is 4.14. The highest BCUT2D eigenvalue weighted by atomic mass is 16.2. The van der Waals surface area contributed by atoms with E-state index in [-0.39, 0.29) is 13.1 Å². The fourth-order valence-corrected chi connectivity index (χ4v) is 0.929. The maximum Gasteiger partial charge on any atom is 0.265 e. The van der Waals surface area contributed by atoms with E-state index in [4.69, 9.17) is 6.42 Å². The molecule has 0 radical (unpaired) electrons. The second kappa shape index (κ2) is 4.81. The molecular formula is C9H9N3O3. The van der Waals surface area contributed by atoms with Crippen molar-refractivity contribution in [2.75, 3.05) is 6.54 Å². The van der Waals surface area contributed by atoms with Crippen LogP contribution >= 0.6 is 0 Å². The fraction of sp³-hybridized carbons (Fsp3) is 0.222. The first-order valence-electron chi connectivity index (χ1n) is 4.14. The van der Waals surface area contributed by atoms with E-state index in [0.717, 1.165) is 16.8 Å². The Morgan fingerprint density at radius 3 is 2.93 bits per heavy atom. The van der Waals surface area contributed by atoms with Crippen molar-refractivity contribution in [2.24, 2.45) is 0 Å². The maximum atomic E-state index is 11.2. The zero-order valence-electron chi connectivity index (χ0n) is 7.82. The lowest BCUT2D eigenvalue weighted by atomic mass is 10.5. The molecule has 0 bridgehead atoms. The van der Waals surface area contributed by atoms with Gasteiger partial charge in [0.1, 0.15) is 6.54 Å². The standard InChI is InChI=1S/C9H9N3O3/c1-2-5-10-8(14)6-12-9(15)4-3-7(13)11-12/h1,3-4H,5-6H2,(H,10,14)(H,11,13). The molecule has 0 spiro atoms. The Labute approximate surface area is 84.9 Å². The Kier molecular flexibility index (Phi) is 3.46. The summed E-state index contributed by atoms with van der Waals surface area (Å²) in [5.41, 5.74) is -0.898. The minimum atomic E-state index is -0.453. The van der Waals surface area contributed by atoms with Gasteiger partial charge in [-0.1, -0.05) is 5.92 Å². The molecule has 15 heavy (non-hydrogen) atoms. The number of carbonyl (C=O) groups is 1. The van der Waals surface area contributed by atoms with Crippen LogP contribution in [0.15, 0.2) is 21.7 Å². The first-order chi connectivity index (χ1) is 7.13. The van der Waals surface area contributed by atoms with Gasteiger partial charge in [0.2, 0.25) is 5.91 Å². The summed E-state index contributed by atoms with van der Waals surface area (Å²) in [4.78, 5) is 33.2. The van der Waals surface area contributed by atoms with Gasteiger partial charge < -0.3 is 5.32 Å². The first kappa shape index (κ1) is 10.8. The smallest absolute Gasteiger partial charge is 0.265 e. The van der Waals surface area contributed by atoms with Crippen molar-refractivity contribution in [1.82, 2.24) is 15.1 Å². The van der Waals surface area contributed by atoms with Gasteiger partial charge in [-0.25, -0.2) is 4.68 Å².